The molecular weight excluding hydrogens is 390 g/mol. The summed E-state index contributed by atoms with van der Waals surface area (Å²) in [6.07, 6.45) is 3.53. The maximum Gasteiger partial charge on any atom is 0.257 e. The fourth-order valence-electron chi connectivity index (χ4n) is 3.67. The highest BCUT2D eigenvalue weighted by Crippen LogP contribution is 2.18. The monoisotopic (exact) mass is 419 g/mol. The number of piperazine rings is 1. The lowest BCUT2D eigenvalue weighted by atomic mass is 10.1. The molecule has 0 saturated carbocycles. The molecule has 0 spiro atoms. The van der Waals surface area contributed by atoms with Gasteiger partial charge in [0.2, 0.25) is 0 Å². The van der Waals surface area contributed by atoms with Crippen LogP contribution in [0.1, 0.15) is 18.3 Å². The zero-order chi connectivity index (χ0) is 21.5. The summed E-state index contributed by atoms with van der Waals surface area (Å²) in [4.78, 5) is 17.9. The minimum atomic E-state index is 0.576. The molecule has 8 nitrogen and oxygen atoms in total. The second-order valence-electron chi connectivity index (χ2n) is 7.45. The predicted molar refractivity (Wildman–Crippen MR) is 122 cm³/mol. The number of aryl methyl sites for hydroxylation is 1. The highest BCUT2D eigenvalue weighted by atomic mass is 16.5. The van der Waals surface area contributed by atoms with E-state index in [2.05, 4.69) is 53.4 Å². The van der Waals surface area contributed by atoms with Gasteiger partial charge in [-0.15, -0.1) is 0 Å². The smallest absolute Gasteiger partial charge is 0.257 e. The summed E-state index contributed by atoms with van der Waals surface area (Å²) >= 11 is 0. The van der Waals surface area contributed by atoms with Crippen molar-refractivity contribution >= 4 is 11.8 Å². The fourth-order valence-corrected chi connectivity index (χ4v) is 3.67. The minimum Gasteiger partial charge on any atom is -0.356 e. The SMILES string of the molecule is CCc1noc(-c2ccc(CCNC(=NC)N3CCN(c4ccccn4)CC3)cc2)n1. The van der Waals surface area contributed by atoms with Crippen molar-refractivity contribution in [2.24, 2.45) is 4.99 Å². The minimum absolute atomic E-state index is 0.576. The Balaban J connectivity index is 1.25. The quantitative estimate of drug-likeness (QED) is 0.486. The Hall–Kier alpha value is -3.42. The van der Waals surface area contributed by atoms with E-state index in [-0.39, 0.29) is 0 Å². The average molecular weight is 420 g/mol. The van der Waals surface area contributed by atoms with Gasteiger partial charge in [-0.1, -0.05) is 30.3 Å². The van der Waals surface area contributed by atoms with E-state index in [9.17, 15) is 0 Å². The first-order valence-corrected chi connectivity index (χ1v) is 10.8. The topological polar surface area (TPSA) is 82.7 Å². The van der Waals surface area contributed by atoms with E-state index < -0.39 is 0 Å². The van der Waals surface area contributed by atoms with Crippen LogP contribution in [0.4, 0.5) is 5.82 Å². The summed E-state index contributed by atoms with van der Waals surface area (Å²) in [6.45, 7) is 6.57. The number of anilines is 1. The molecule has 1 aliphatic rings. The van der Waals surface area contributed by atoms with Gasteiger partial charge in [0.05, 0.1) is 0 Å². The summed E-state index contributed by atoms with van der Waals surface area (Å²) in [5.41, 5.74) is 2.20. The molecular formula is C23H29N7O. The van der Waals surface area contributed by atoms with Crippen LogP contribution in [0.25, 0.3) is 11.5 Å². The maximum atomic E-state index is 5.31. The van der Waals surface area contributed by atoms with E-state index in [1.807, 2.05) is 44.4 Å². The van der Waals surface area contributed by atoms with Crippen molar-refractivity contribution in [1.82, 2.24) is 25.3 Å². The molecule has 162 valence electrons. The van der Waals surface area contributed by atoms with E-state index in [0.717, 1.165) is 68.7 Å². The van der Waals surface area contributed by atoms with Crippen molar-refractivity contribution in [2.45, 2.75) is 19.8 Å². The molecule has 3 aromatic rings. The molecule has 8 heteroatoms. The highest BCUT2D eigenvalue weighted by Gasteiger charge is 2.20. The van der Waals surface area contributed by atoms with E-state index in [4.69, 9.17) is 4.52 Å². The van der Waals surface area contributed by atoms with Gasteiger partial charge in [0.1, 0.15) is 5.82 Å². The number of aliphatic imine (C=N–C) groups is 1. The molecule has 0 unspecified atom stereocenters. The molecule has 0 aliphatic carbocycles. The molecule has 2 aromatic heterocycles. The first-order valence-electron chi connectivity index (χ1n) is 10.8. The normalized spacial score (nSPS) is 14.7. The van der Waals surface area contributed by atoms with Crippen molar-refractivity contribution in [1.29, 1.82) is 0 Å². The molecule has 0 bridgehead atoms. The molecule has 4 rings (SSSR count). The van der Waals surface area contributed by atoms with E-state index in [0.29, 0.717) is 5.89 Å². The molecule has 1 saturated heterocycles. The van der Waals surface area contributed by atoms with Crippen LogP contribution >= 0.6 is 0 Å². The van der Waals surface area contributed by atoms with Crippen LogP contribution in [0.5, 0.6) is 0 Å². The molecule has 31 heavy (non-hydrogen) atoms. The van der Waals surface area contributed by atoms with Gasteiger partial charge < -0.3 is 19.6 Å². The van der Waals surface area contributed by atoms with Crippen LogP contribution in [0.15, 0.2) is 58.2 Å². The highest BCUT2D eigenvalue weighted by molar-refractivity contribution is 5.80. The second-order valence-corrected chi connectivity index (χ2v) is 7.45. The van der Waals surface area contributed by atoms with Crippen molar-refractivity contribution in [3.63, 3.8) is 0 Å². The van der Waals surface area contributed by atoms with Gasteiger partial charge in [-0.3, -0.25) is 4.99 Å². The summed E-state index contributed by atoms with van der Waals surface area (Å²) in [7, 11) is 1.84. The zero-order valence-corrected chi connectivity index (χ0v) is 18.2. The zero-order valence-electron chi connectivity index (χ0n) is 18.2. The maximum absolute atomic E-state index is 5.31. The fraction of sp³-hybridized carbons (Fsp3) is 0.391. The van der Waals surface area contributed by atoms with Crippen LogP contribution in [-0.2, 0) is 12.8 Å². The number of hydrogen-bond donors (Lipinski definition) is 1. The van der Waals surface area contributed by atoms with Gasteiger partial charge in [0.25, 0.3) is 5.89 Å². The van der Waals surface area contributed by atoms with Crippen molar-refractivity contribution in [3.05, 3.63) is 60.0 Å². The van der Waals surface area contributed by atoms with Gasteiger partial charge >= 0.3 is 0 Å². The predicted octanol–water partition coefficient (Wildman–Crippen LogP) is 2.63. The van der Waals surface area contributed by atoms with E-state index in [1.54, 1.807) is 0 Å². The van der Waals surface area contributed by atoms with Crippen LogP contribution in [0.2, 0.25) is 0 Å². The number of pyridine rings is 1. The van der Waals surface area contributed by atoms with Crippen molar-refractivity contribution in [2.75, 3.05) is 44.7 Å². The summed E-state index contributed by atoms with van der Waals surface area (Å²) in [6, 6.07) is 14.3. The third-order valence-corrected chi connectivity index (χ3v) is 5.45. The van der Waals surface area contributed by atoms with Gasteiger partial charge in [0.15, 0.2) is 11.8 Å². The number of nitrogens with zero attached hydrogens (tertiary/aromatic N) is 6. The second kappa shape index (κ2) is 10.1. The van der Waals surface area contributed by atoms with E-state index >= 15 is 0 Å². The summed E-state index contributed by atoms with van der Waals surface area (Å²) < 4.78 is 5.31. The Morgan fingerprint density at radius 1 is 1.10 bits per heavy atom. The van der Waals surface area contributed by atoms with Crippen LogP contribution < -0.4 is 10.2 Å². The average Bonchev–Trinajstić information content (AvgIpc) is 3.32. The molecule has 1 N–H and O–H groups in total. The molecule has 1 aromatic carbocycles. The lowest BCUT2D eigenvalue weighted by molar-refractivity contribution is 0.372. The number of benzene rings is 1. The third kappa shape index (κ3) is 5.20. The largest absolute Gasteiger partial charge is 0.356 e. The number of rotatable bonds is 6. The van der Waals surface area contributed by atoms with Gasteiger partial charge in [-0.05, 0) is 36.2 Å². The van der Waals surface area contributed by atoms with Crippen molar-refractivity contribution in [3.8, 4) is 11.5 Å². The molecule has 0 amide bonds. The Bertz CT molecular complexity index is 977. The lowest BCUT2D eigenvalue weighted by Crippen LogP contribution is -2.53. The Labute approximate surface area is 183 Å². The molecule has 0 atom stereocenters. The standard InChI is InChI=1S/C23H29N7O/c1-3-20-27-22(31-28-20)19-9-7-18(8-10-19)11-13-26-23(24-2)30-16-14-29(15-17-30)21-6-4-5-12-25-21/h4-10,12H,3,11,13-17H2,1-2H3,(H,24,26). The molecule has 1 fully saturated rings. The van der Waals surface area contributed by atoms with Crippen LogP contribution in [0, 0.1) is 0 Å². The third-order valence-electron chi connectivity index (χ3n) is 5.45. The Morgan fingerprint density at radius 3 is 2.55 bits per heavy atom. The van der Waals surface area contributed by atoms with Crippen LogP contribution in [-0.4, -0.2) is 65.8 Å². The number of nitrogens with one attached hydrogen (secondary N) is 1. The lowest BCUT2D eigenvalue weighted by Gasteiger charge is -2.37. The van der Waals surface area contributed by atoms with Crippen molar-refractivity contribution < 1.29 is 4.52 Å². The van der Waals surface area contributed by atoms with Gasteiger partial charge in [-0.25, -0.2) is 4.98 Å². The number of aromatic nitrogens is 3. The molecule has 0 radical (unpaired) electrons. The number of hydrogen-bond acceptors (Lipinski definition) is 6. The molecule has 1 aliphatic heterocycles. The number of guanidine groups is 1. The summed E-state index contributed by atoms with van der Waals surface area (Å²) in [5.74, 6) is 3.30. The van der Waals surface area contributed by atoms with Crippen LogP contribution in [0.3, 0.4) is 0 Å². The Morgan fingerprint density at radius 2 is 1.90 bits per heavy atom. The molecule has 3 heterocycles. The van der Waals surface area contributed by atoms with Gasteiger partial charge in [-0.2, -0.15) is 4.98 Å². The van der Waals surface area contributed by atoms with Gasteiger partial charge in [0, 0.05) is 58.0 Å². The first kappa shape index (κ1) is 20.8. The summed E-state index contributed by atoms with van der Waals surface area (Å²) in [5, 5.41) is 7.46. The first-order chi connectivity index (χ1) is 15.3. The Kier molecular flexibility index (Phi) is 6.76. The van der Waals surface area contributed by atoms with E-state index in [1.165, 1.54) is 5.56 Å².